The van der Waals surface area contributed by atoms with E-state index in [-0.39, 0.29) is 30.7 Å². The number of hydrogen-bond donors (Lipinski definition) is 2. The summed E-state index contributed by atoms with van der Waals surface area (Å²) in [6.07, 6.45) is 6.69. The molecule has 0 aliphatic rings. The van der Waals surface area contributed by atoms with Crippen LogP contribution in [0.25, 0.3) is 11.8 Å². The van der Waals surface area contributed by atoms with Crippen molar-refractivity contribution in [1.82, 2.24) is 15.0 Å². The molecule has 144 valence electrons. The first-order chi connectivity index (χ1) is 11.6. The number of nitrogens with zero attached hydrogens (tertiary/aromatic N) is 2. The monoisotopic (exact) mass is 420 g/mol. The minimum absolute atomic E-state index is 0. The van der Waals surface area contributed by atoms with Gasteiger partial charge in [-0.3, -0.25) is 10.2 Å². The van der Waals surface area contributed by atoms with Crippen molar-refractivity contribution in [3.05, 3.63) is 47.6 Å². The molecule has 0 aliphatic heterocycles. The number of nitrogens with one attached hydrogen (secondary N) is 1. The number of hydrazine groups is 1. The second-order valence-electron chi connectivity index (χ2n) is 5.29. The number of halogens is 3. The molecule has 0 atom stereocenters. The number of imidazole rings is 1. The van der Waals surface area contributed by atoms with Gasteiger partial charge in [0.2, 0.25) is 0 Å². The Labute approximate surface area is 170 Å². The number of hydrogen-bond acceptors (Lipinski definition) is 4. The van der Waals surface area contributed by atoms with Crippen molar-refractivity contribution in [2.45, 2.75) is 19.8 Å². The fraction of sp³-hybridized carbons (Fsp3) is 0.294. The topological polar surface area (TPSA) is 82.2 Å². The molecule has 0 radical (unpaired) electrons. The molecule has 1 aromatic heterocycles. The molecule has 6 nitrogen and oxygen atoms in total. The number of alkyl halides is 1. The molecule has 0 fully saturated rings. The summed E-state index contributed by atoms with van der Waals surface area (Å²) < 4.78 is 7.37. The molecule has 26 heavy (non-hydrogen) atoms. The molecule has 0 spiro atoms. The summed E-state index contributed by atoms with van der Waals surface area (Å²) in [5.41, 5.74) is 5.39. The van der Waals surface area contributed by atoms with Crippen LogP contribution >= 0.6 is 36.4 Å². The summed E-state index contributed by atoms with van der Waals surface area (Å²) in [6.45, 7) is 1.93. The fourth-order valence-corrected chi connectivity index (χ4v) is 2.49. The lowest BCUT2D eigenvalue weighted by Gasteiger charge is -2.11. The molecule has 2 aromatic rings. The molecule has 0 aliphatic carbocycles. The first-order valence-corrected chi connectivity index (χ1v) is 8.09. The number of methoxy groups -OCH3 is 1. The average Bonchev–Trinajstić information content (AvgIpc) is 3.03. The highest BCUT2D eigenvalue weighted by Crippen LogP contribution is 2.26. The van der Waals surface area contributed by atoms with Crippen LogP contribution in [0, 0.1) is 6.92 Å². The Kier molecular flexibility index (Phi) is 11.0. The molecule has 9 heteroatoms. The molecule has 1 aromatic carbocycles. The zero-order valence-electron chi connectivity index (χ0n) is 14.6. The number of carbonyl (C=O) groups is 1. The summed E-state index contributed by atoms with van der Waals surface area (Å²) in [4.78, 5) is 16.1. The Bertz CT molecular complexity index is 747. The van der Waals surface area contributed by atoms with Crippen LogP contribution < -0.4 is 16.0 Å². The van der Waals surface area contributed by atoms with E-state index >= 15 is 0 Å². The van der Waals surface area contributed by atoms with Gasteiger partial charge in [0.1, 0.15) is 5.75 Å². The van der Waals surface area contributed by atoms with E-state index in [2.05, 4.69) is 10.4 Å². The second-order valence-corrected chi connectivity index (χ2v) is 5.67. The van der Waals surface area contributed by atoms with Crippen LogP contribution in [-0.2, 0) is 4.79 Å². The Morgan fingerprint density at radius 1 is 1.42 bits per heavy atom. The van der Waals surface area contributed by atoms with E-state index in [1.165, 1.54) is 0 Å². The summed E-state index contributed by atoms with van der Waals surface area (Å²) in [5.74, 6) is 6.11. The van der Waals surface area contributed by atoms with Gasteiger partial charge >= 0.3 is 0 Å². The van der Waals surface area contributed by atoms with Gasteiger partial charge in [-0.15, -0.1) is 36.4 Å². The normalized spacial score (nSPS) is 10.5. The SMILES string of the molecule is COc1cc(/C=C(\CCCCl)C(=O)NN)ccc1-n1cnc(C)c1.Cl.Cl. The smallest absolute Gasteiger partial charge is 0.261 e. The Morgan fingerprint density at radius 3 is 2.69 bits per heavy atom. The van der Waals surface area contributed by atoms with E-state index in [1.54, 1.807) is 19.5 Å². The zero-order chi connectivity index (χ0) is 17.5. The number of aromatic nitrogens is 2. The molecule has 0 saturated carbocycles. The molecule has 1 heterocycles. The standard InChI is InChI=1S/C17H21ClN4O2.2ClH/c1-12-10-22(11-20-12)15-6-5-13(9-16(15)24-2)8-14(4-3-7-18)17(23)21-19;;/h5-6,8-11H,3-4,7,19H2,1-2H3,(H,21,23);2*1H/b14-8+;;. The number of nitrogens with two attached hydrogens (primary N) is 1. The predicted octanol–water partition coefficient (Wildman–Crippen LogP) is 3.43. The van der Waals surface area contributed by atoms with Crippen LogP contribution in [0.15, 0.2) is 36.3 Å². The first kappa shape index (κ1) is 24.3. The van der Waals surface area contributed by atoms with Crippen LogP contribution in [-0.4, -0.2) is 28.4 Å². The maximum Gasteiger partial charge on any atom is 0.261 e. The highest BCUT2D eigenvalue weighted by Gasteiger charge is 2.10. The highest BCUT2D eigenvalue weighted by molar-refractivity contribution is 6.17. The third-order valence-electron chi connectivity index (χ3n) is 3.54. The number of rotatable bonds is 7. The summed E-state index contributed by atoms with van der Waals surface area (Å²) in [7, 11) is 1.61. The molecule has 0 unspecified atom stereocenters. The number of benzene rings is 1. The summed E-state index contributed by atoms with van der Waals surface area (Å²) in [6, 6.07) is 5.71. The van der Waals surface area contributed by atoms with Gasteiger partial charge in [0.25, 0.3) is 5.91 Å². The minimum Gasteiger partial charge on any atom is -0.495 e. The van der Waals surface area contributed by atoms with Gasteiger partial charge in [-0.25, -0.2) is 10.8 Å². The van der Waals surface area contributed by atoms with Gasteiger partial charge in [-0.1, -0.05) is 6.07 Å². The zero-order valence-corrected chi connectivity index (χ0v) is 17.0. The summed E-state index contributed by atoms with van der Waals surface area (Å²) in [5, 5.41) is 0. The van der Waals surface area contributed by atoms with Crippen molar-refractivity contribution in [3.8, 4) is 11.4 Å². The van der Waals surface area contributed by atoms with Crippen molar-refractivity contribution < 1.29 is 9.53 Å². The average molecular weight is 422 g/mol. The van der Waals surface area contributed by atoms with Gasteiger partial charge in [0.05, 0.1) is 24.8 Å². The number of carbonyl (C=O) groups excluding carboxylic acids is 1. The Morgan fingerprint density at radius 2 is 2.15 bits per heavy atom. The maximum absolute atomic E-state index is 11.9. The molecule has 2 rings (SSSR count). The van der Waals surface area contributed by atoms with E-state index in [9.17, 15) is 4.79 Å². The molecular formula is C17H23Cl3N4O2. The van der Waals surface area contributed by atoms with E-state index in [0.717, 1.165) is 16.9 Å². The van der Waals surface area contributed by atoms with Gasteiger partial charge in [-0.05, 0) is 43.5 Å². The minimum atomic E-state index is -0.312. The fourth-order valence-electron chi connectivity index (χ4n) is 2.35. The largest absolute Gasteiger partial charge is 0.495 e. The third kappa shape index (κ3) is 6.21. The Hall–Kier alpha value is -1.73. The van der Waals surface area contributed by atoms with Gasteiger partial charge in [-0.2, -0.15) is 0 Å². The van der Waals surface area contributed by atoms with Crippen LogP contribution in [0.5, 0.6) is 5.75 Å². The van der Waals surface area contributed by atoms with Crippen LogP contribution in [0.3, 0.4) is 0 Å². The number of amides is 1. The first-order valence-electron chi connectivity index (χ1n) is 7.55. The van der Waals surface area contributed by atoms with Crippen molar-refractivity contribution in [1.29, 1.82) is 0 Å². The van der Waals surface area contributed by atoms with Crippen LogP contribution in [0.4, 0.5) is 0 Å². The molecule has 0 bridgehead atoms. The van der Waals surface area contributed by atoms with Crippen LogP contribution in [0.1, 0.15) is 24.1 Å². The van der Waals surface area contributed by atoms with E-state index in [0.29, 0.717) is 30.0 Å². The van der Waals surface area contributed by atoms with Crippen molar-refractivity contribution in [2.24, 2.45) is 5.84 Å². The van der Waals surface area contributed by atoms with E-state index in [4.69, 9.17) is 22.2 Å². The van der Waals surface area contributed by atoms with E-state index in [1.807, 2.05) is 35.9 Å². The molecule has 0 saturated heterocycles. The van der Waals surface area contributed by atoms with Crippen molar-refractivity contribution in [3.63, 3.8) is 0 Å². The molecular weight excluding hydrogens is 399 g/mol. The van der Waals surface area contributed by atoms with Gasteiger partial charge < -0.3 is 9.30 Å². The number of ether oxygens (including phenoxy) is 1. The van der Waals surface area contributed by atoms with Crippen LogP contribution in [0.2, 0.25) is 0 Å². The molecule has 3 N–H and O–H groups in total. The van der Waals surface area contributed by atoms with Gasteiger partial charge in [0, 0.05) is 17.6 Å². The quantitative estimate of drug-likeness (QED) is 0.236. The number of aryl methyl sites for hydroxylation is 1. The second kappa shape index (κ2) is 11.8. The lowest BCUT2D eigenvalue weighted by atomic mass is 10.1. The van der Waals surface area contributed by atoms with E-state index < -0.39 is 0 Å². The van der Waals surface area contributed by atoms with Crippen molar-refractivity contribution >= 4 is 48.4 Å². The third-order valence-corrected chi connectivity index (χ3v) is 3.80. The van der Waals surface area contributed by atoms with Crippen molar-refractivity contribution in [2.75, 3.05) is 13.0 Å². The Balaban J connectivity index is 0.00000312. The lowest BCUT2D eigenvalue weighted by Crippen LogP contribution is -2.31. The maximum atomic E-state index is 11.9. The predicted molar refractivity (Wildman–Crippen MR) is 110 cm³/mol. The molecule has 1 amide bonds. The lowest BCUT2D eigenvalue weighted by molar-refractivity contribution is -0.117. The van der Waals surface area contributed by atoms with Gasteiger partial charge in [0.15, 0.2) is 0 Å². The highest BCUT2D eigenvalue weighted by atomic mass is 35.5. The summed E-state index contributed by atoms with van der Waals surface area (Å²) >= 11 is 5.72.